The van der Waals surface area contributed by atoms with Crippen molar-refractivity contribution in [1.29, 1.82) is 0 Å². The van der Waals surface area contributed by atoms with Gasteiger partial charge >= 0.3 is 5.97 Å². The number of carboxylic acids is 1. The second kappa shape index (κ2) is 10.2. The molecule has 1 aliphatic rings. The molecule has 33 heavy (non-hydrogen) atoms. The number of carboxylic acid groups (broad SMARTS) is 1. The Balaban J connectivity index is 1.31. The van der Waals surface area contributed by atoms with E-state index in [4.69, 9.17) is 30.6 Å². The molecule has 2 atom stereocenters. The predicted molar refractivity (Wildman–Crippen MR) is 129 cm³/mol. The Hall–Kier alpha value is -2.54. The molecular weight excluding hydrogens is 460 g/mol. The summed E-state index contributed by atoms with van der Waals surface area (Å²) in [5.41, 5.74) is 2.06. The Labute approximate surface area is 202 Å². The van der Waals surface area contributed by atoms with Crippen molar-refractivity contribution in [2.45, 2.75) is 32.3 Å². The number of furan rings is 1. The maximum atomic E-state index is 11.0. The summed E-state index contributed by atoms with van der Waals surface area (Å²) in [6, 6.07) is 15.6. The SMILES string of the molecule is CC(C)(c1ccccc1)c1coc(OCC2C(Cl)=CC[C@@H]2COCc2ccc(C(=O)O)s2)c1. The van der Waals surface area contributed by atoms with E-state index in [0.717, 1.165) is 21.9 Å². The largest absolute Gasteiger partial charge is 0.477 e. The Morgan fingerprint density at radius 1 is 1.18 bits per heavy atom. The number of carbonyl (C=O) groups is 1. The molecule has 3 aromatic rings. The molecule has 0 spiro atoms. The molecule has 0 fully saturated rings. The molecule has 2 aromatic heterocycles. The predicted octanol–water partition coefficient (Wildman–Crippen LogP) is 6.72. The van der Waals surface area contributed by atoms with Gasteiger partial charge in [-0.05, 0) is 30.0 Å². The van der Waals surface area contributed by atoms with Crippen LogP contribution >= 0.6 is 22.9 Å². The van der Waals surface area contributed by atoms with Crippen molar-refractivity contribution in [3.8, 4) is 5.95 Å². The molecule has 4 rings (SSSR count). The molecule has 0 saturated heterocycles. The van der Waals surface area contributed by atoms with Crippen LogP contribution < -0.4 is 4.74 Å². The third kappa shape index (κ3) is 5.52. The van der Waals surface area contributed by atoms with Crippen molar-refractivity contribution in [1.82, 2.24) is 0 Å². The van der Waals surface area contributed by atoms with Gasteiger partial charge in [0.05, 0.1) is 26.1 Å². The fourth-order valence-corrected chi connectivity index (χ4v) is 5.11. The second-order valence-electron chi connectivity index (χ2n) is 8.73. The van der Waals surface area contributed by atoms with Gasteiger partial charge in [0.25, 0.3) is 5.95 Å². The number of hydrogen-bond acceptors (Lipinski definition) is 5. The Bertz CT molecular complexity index is 1110. The molecule has 1 N–H and O–H groups in total. The van der Waals surface area contributed by atoms with Crippen LogP contribution in [-0.4, -0.2) is 24.3 Å². The van der Waals surface area contributed by atoms with Gasteiger partial charge in [-0.2, -0.15) is 0 Å². The summed E-state index contributed by atoms with van der Waals surface area (Å²) in [6.07, 6.45) is 4.59. The van der Waals surface area contributed by atoms with Crippen molar-refractivity contribution >= 4 is 28.9 Å². The summed E-state index contributed by atoms with van der Waals surface area (Å²) in [5.74, 6) is -0.208. The number of benzene rings is 1. The summed E-state index contributed by atoms with van der Waals surface area (Å²) < 4.78 is 17.6. The molecule has 1 aliphatic carbocycles. The van der Waals surface area contributed by atoms with Crippen LogP contribution in [0.25, 0.3) is 0 Å². The van der Waals surface area contributed by atoms with Crippen LogP contribution in [0.2, 0.25) is 0 Å². The number of ether oxygens (including phenoxy) is 2. The summed E-state index contributed by atoms with van der Waals surface area (Å²) in [5, 5.41) is 9.83. The van der Waals surface area contributed by atoms with Crippen molar-refractivity contribution in [2.24, 2.45) is 11.8 Å². The van der Waals surface area contributed by atoms with Gasteiger partial charge in [-0.25, -0.2) is 4.79 Å². The lowest BCUT2D eigenvalue weighted by Crippen LogP contribution is -2.22. The quantitative estimate of drug-likeness (QED) is 0.344. The Kier molecular flexibility index (Phi) is 7.27. The second-order valence-corrected chi connectivity index (χ2v) is 10.3. The van der Waals surface area contributed by atoms with Gasteiger partial charge in [0.15, 0.2) is 0 Å². The highest BCUT2D eigenvalue weighted by molar-refractivity contribution is 7.13. The van der Waals surface area contributed by atoms with Gasteiger partial charge in [-0.15, -0.1) is 11.3 Å². The topological polar surface area (TPSA) is 68.9 Å². The highest BCUT2D eigenvalue weighted by Crippen LogP contribution is 2.37. The smallest absolute Gasteiger partial charge is 0.345 e. The van der Waals surface area contributed by atoms with Gasteiger partial charge in [-0.1, -0.05) is 61.9 Å². The molecule has 0 radical (unpaired) electrons. The highest BCUT2D eigenvalue weighted by atomic mass is 35.5. The molecule has 5 nitrogen and oxygen atoms in total. The fraction of sp³-hybridized carbons (Fsp3) is 0.346. The van der Waals surface area contributed by atoms with E-state index in [1.807, 2.05) is 30.3 Å². The number of aromatic carboxylic acids is 1. The minimum Gasteiger partial charge on any atom is -0.477 e. The monoisotopic (exact) mass is 486 g/mol. The molecule has 174 valence electrons. The van der Waals surface area contributed by atoms with Crippen LogP contribution in [0.15, 0.2) is 70.3 Å². The Morgan fingerprint density at radius 3 is 2.70 bits per heavy atom. The van der Waals surface area contributed by atoms with Crippen molar-refractivity contribution in [3.63, 3.8) is 0 Å². The minimum absolute atomic E-state index is 0.0280. The first-order chi connectivity index (χ1) is 15.8. The van der Waals surface area contributed by atoms with E-state index < -0.39 is 5.97 Å². The van der Waals surface area contributed by atoms with Gasteiger partial charge in [-0.3, -0.25) is 0 Å². The maximum Gasteiger partial charge on any atom is 0.345 e. The normalized spacial score (nSPS) is 18.3. The first-order valence-electron chi connectivity index (χ1n) is 10.9. The van der Waals surface area contributed by atoms with E-state index >= 15 is 0 Å². The lowest BCUT2D eigenvalue weighted by Gasteiger charge is -2.23. The molecule has 0 saturated carbocycles. The van der Waals surface area contributed by atoms with Crippen LogP contribution in [0.4, 0.5) is 0 Å². The van der Waals surface area contributed by atoms with E-state index in [0.29, 0.717) is 30.6 Å². The van der Waals surface area contributed by atoms with Gasteiger partial charge in [0, 0.05) is 32.9 Å². The van der Waals surface area contributed by atoms with E-state index in [2.05, 4.69) is 26.0 Å². The first kappa shape index (κ1) is 23.6. The minimum atomic E-state index is -0.913. The summed E-state index contributed by atoms with van der Waals surface area (Å²) in [4.78, 5) is 12.2. The van der Waals surface area contributed by atoms with Crippen LogP contribution in [0.3, 0.4) is 0 Å². The average molecular weight is 487 g/mol. The van der Waals surface area contributed by atoms with E-state index in [-0.39, 0.29) is 17.3 Å². The third-order valence-corrected chi connectivity index (χ3v) is 7.67. The molecule has 1 unspecified atom stereocenters. The zero-order valence-electron chi connectivity index (χ0n) is 18.6. The van der Waals surface area contributed by atoms with Gasteiger partial charge < -0.3 is 19.0 Å². The van der Waals surface area contributed by atoms with Crippen LogP contribution in [0.1, 0.15) is 45.9 Å². The molecule has 0 amide bonds. The van der Waals surface area contributed by atoms with E-state index in [1.165, 1.54) is 16.9 Å². The number of allylic oxidation sites excluding steroid dienone is 1. The molecule has 0 aliphatic heterocycles. The van der Waals surface area contributed by atoms with Crippen LogP contribution in [-0.2, 0) is 16.8 Å². The first-order valence-corrected chi connectivity index (χ1v) is 12.1. The number of halogens is 1. The zero-order chi connectivity index (χ0) is 23.4. The maximum absolute atomic E-state index is 11.0. The van der Waals surface area contributed by atoms with Crippen molar-refractivity contribution in [2.75, 3.05) is 13.2 Å². The van der Waals surface area contributed by atoms with E-state index in [1.54, 1.807) is 18.4 Å². The summed E-state index contributed by atoms with van der Waals surface area (Å²) >= 11 is 7.70. The lowest BCUT2D eigenvalue weighted by molar-refractivity contribution is 0.0667. The summed E-state index contributed by atoms with van der Waals surface area (Å²) in [6.45, 7) is 5.63. The standard InChI is InChI=1S/C26H27ClO5S/c1-26(2,18-6-4-3-5-7-18)19-12-24(31-14-19)32-16-21-17(8-10-22(21)27)13-30-15-20-9-11-23(33-20)25(28)29/h3-7,9-12,14,17,21H,8,13,15-16H2,1-2H3,(H,28,29)/t17-,21?/m1/s1. The lowest BCUT2D eigenvalue weighted by atomic mass is 9.79. The summed E-state index contributed by atoms with van der Waals surface area (Å²) in [7, 11) is 0. The van der Waals surface area contributed by atoms with Crippen LogP contribution in [0.5, 0.6) is 5.95 Å². The van der Waals surface area contributed by atoms with E-state index in [9.17, 15) is 4.79 Å². The number of thiophene rings is 1. The van der Waals surface area contributed by atoms with Crippen molar-refractivity contribution in [3.05, 3.63) is 86.8 Å². The fourth-order valence-electron chi connectivity index (χ4n) is 4.00. The van der Waals surface area contributed by atoms with Crippen LogP contribution in [0, 0.1) is 11.8 Å². The molecule has 2 heterocycles. The number of hydrogen-bond donors (Lipinski definition) is 1. The zero-order valence-corrected chi connectivity index (χ0v) is 20.2. The van der Waals surface area contributed by atoms with Crippen molar-refractivity contribution < 1.29 is 23.8 Å². The van der Waals surface area contributed by atoms with Gasteiger partial charge in [0.1, 0.15) is 4.88 Å². The number of rotatable bonds is 10. The molecule has 1 aromatic carbocycles. The molecular formula is C26H27ClO5S. The highest BCUT2D eigenvalue weighted by Gasteiger charge is 2.31. The van der Waals surface area contributed by atoms with Gasteiger partial charge in [0.2, 0.25) is 0 Å². The molecule has 7 heteroatoms. The molecule has 0 bridgehead atoms. The Morgan fingerprint density at radius 2 is 1.97 bits per heavy atom. The third-order valence-electron chi connectivity index (χ3n) is 6.19. The average Bonchev–Trinajstić information content (AvgIpc) is 3.54.